The van der Waals surface area contributed by atoms with Crippen LogP contribution in [0.25, 0.3) is 0 Å². The molecule has 0 aliphatic rings. The van der Waals surface area contributed by atoms with Crippen LogP contribution in [0.4, 0.5) is 5.82 Å². The van der Waals surface area contributed by atoms with Crippen molar-refractivity contribution < 1.29 is 4.79 Å². The Kier molecular flexibility index (Phi) is 2.79. The average molecular weight is 161 g/mol. The Morgan fingerprint density at radius 1 is 1.67 bits per heavy atom. The minimum absolute atomic E-state index is 0.142. The number of nitrogens with one attached hydrogen (secondary N) is 1. The SMILES string of the molecule is N#CCC(=O)Nc1ccccn1. The van der Waals surface area contributed by atoms with Crippen LogP contribution in [0.15, 0.2) is 24.4 Å². The molecule has 4 nitrogen and oxygen atoms in total. The van der Waals surface area contributed by atoms with Gasteiger partial charge in [0, 0.05) is 6.20 Å². The van der Waals surface area contributed by atoms with Crippen molar-refractivity contribution in [3.8, 4) is 6.07 Å². The molecule has 0 aliphatic carbocycles. The van der Waals surface area contributed by atoms with Crippen LogP contribution in [0, 0.1) is 11.3 Å². The van der Waals surface area contributed by atoms with E-state index in [1.54, 1.807) is 30.5 Å². The smallest absolute Gasteiger partial charge is 0.239 e. The van der Waals surface area contributed by atoms with Gasteiger partial charge in [0.15, 0.2) is 0 Å². The second kappa shape index (κ2) is 4.09. The van der Waals surface area contributed by atoms with Crippen LogP contribution in [0.5, 0.6) is 0 Å². The van der Waals surface area contributed by atoms with Crippen molar-refractivity contribution >= 4 is 11.7 Å². The third-order valence-corrected chi connectivity index (χ3v) is 1.17. The molecule has 1 rings (SSSR count). The number of nitrogens with zero attached hydrogens (tertiary/aromatic N) is 2. The lowest BCUT2D eigenvalue weighted by Crippen LogP contribution is -2.10. The topological polar surface area (TPSA) is 65.8 Å². The Labute approximate surface area is 69.8 Å². The highest BCUT2D eigenvalue weighted by Gasteiger charge is 1.99. The van der Waals surface area contributed by atoms with Crippen LogP contribution in [0.3, 0.4) is 0 Å². The third-order valence-electron chi connectivity index (χ3n) is 1.17. The zero-order valence-corrected chi connectivity index (χ0v) is 6.32. The van der Waals surface area contributed by atoms with E-state index in [9.17, 15) is 4.79 Å². The van der Waals surface area contributed by atoms with Gasteiger partial charge in [0.1, 0.15) is 12.2 Å². The molecule has 4 heteroatoms. The molecule has 0 atom stereocenters. The number of amides is 1. The average Bonchev–Trinajstić information content (AvgIpc) is 2.06. The first kappa shape index (κ1) is 8.21. The fourth-order valence-electron chi connectivity index (χ4n) is 0.696. The number of nitriles is 1. The molecule has 0 unspecified atom stereocenters. The fourth-order valence-corrected chi connectivity index (χ4v) is 0.696. The summed E-state index contributed by atoms with van der Waals surface area (Å²) in [7, 11) is 0. The van der Waals surface area contributed by atoms with Crippen LogP contribution in [-0.2, 0) is 4.79 Å². The predicted molar refractivity (Wildman–Crippen MR) is 43.1 cm³/mol. The van der Waals surface area contributed by atoms with Gasteiger partial charge >= 0.3 is 0 Å². The summed E-state index contributed by atoms with van der Waals surface area (Å²) < 4.78 is 0. The number of carbonyl (C=O) groups excluding carboxylic acids is 1. The molecule has 1 amide bonds. The first-order valence-electron chi connectivity index (χ1n) is 3.41. The number of anilines is 1. The highest BCUT2D eigenvalue weighted by Crippen LogP contribution is 1.99. The Morgan fingerprint density at radius 3 is 3.08 bits per heavy atom. The monoisotopic (exact) mass is 161 g/mol. The minimum Gasteiger partial charge on any atom is -0.310 e. The summed E-state index contributed by atoms with van der Waals surface area (Å²) in [6, 6.07) is 6.92. The number of pyridine rings is 1. The van der Waals surface area contributed by atoms with Crippen molar-refractivity contribution in [2.24, 2.45) is 0 Å². The first-order valence-corrected chi connectivity index (χ1v) is 3.41. The van der Waals surface area contributed by atoms with E-state index in [1.807, 2.05) is 0 Å². The quantitative estimate of drug-likeness (QED) is 0.701. The van der Waals surface area contributed by atoms with E-state index in [4.69, 9.17) is 5.26 Å². The molecule has 0 saturated carbocycles. The zero-order chi connectivity index (χ0) is 8.81. The van der Waals surface area contributed by atoms with E-state index in [1.165, 1.54) is 0 Å². The summed E-state index contributed by atoms with van der Waals surface area (Å²) in [6.45, 7) is 0. The maximum Gasteiger partial charge on any atom is 0.239 e. The molecule has 0 aromatic carbocycles. The van der Waals surface area contributed by atoms with E-state index in [2.05, 4.69) is 10.3 Å². The van der Waals surface area contributed by atoms with E-state index in [-0.39, 0.29) is 12.3 Å². The number of carbonyl (C=O) groups is 1. The second-order valence-corrected chi connectivity index (χ2v) is 2.10. The zero-order valence-electron chi connectivity index (χ0n) is 6.32. The van der Waals surface area contributed by atoms with Crippen molar-refractivity contribution in [2.45, 2.75) is 6.42 Å². The second-order valence-electron chi connectivity index (χ2n) is 2.10. The predicted octanol–water partition coefficient (Wildman–Crippen LogP) is 0.934. The summed E-state index contributed by atoms with van der Waals surface area (Å²) in [5, 5.41) is 10.7. The summed E-state index contributed by atoms with van der Waals surface area (Å²) in [5.41, 5.74) is 0. The molecule has 60 valence electrons. The highest BCUT2D eigenvalue weighted by atomic mass is 16.1. The molecule has 0 bridgehead atoms. The van der Waals surface area contributed by atoms with Gasteiger partial charge in [-0.2, -0.15) is 5.26 Å². The third kappa shape index (κ3) is 2.39. The molecule has 1 aromatic heterocycles. The molecule has 1 heterocycles. The fraction of sp³-hybridized carbons (Fsp3) is 0.125. The van der Waals surface area contributed by atoms with Gasteiger partial charge in [-0.05, 0) is 12.1 Å². The number of hydrogen-bond acceptors (Lipinski definition) is 3. The molecule has 12 heavy (non-hydrogen) atoms. The van der Waals surface area contributed by atoms with Gasteiger partial charge in [0.25, 0.3) is 0 Å². The summed E-state index contributed by atoms with van der Waals surface area (Å²) in [5.74, 6) is 0.133. The van der Waals surface area contributed by atoms with Gasteiger partial charge < -0.3 is 5.32 Å². The lowest BCUT2D eigenvalue weighted by molar-refractivity contribution is -0.115. The molecule has 0 radical (unpaired) electrons. The van der Waals surface area contributed by atoms with Crippen LogP contribution >= 0.6 is 0 Å². The lowest BCUT2D eigenvalue weighted by atomic mass is 10.4. The summed E-state index contributed by atoms with van der Waals surface area (Å²) >= 11 is 0. The molecule has 0 fully saturated rings. The van der Waals surface area contributed by atoms with Gasteiger partial charge in [-0.3, -0.25) is 4.79 Å². The molecular formula is C8H7N3O. The number of rotatable bonds is 2. The first-order chi connectivity index (χ1) is 5.83. The number of aromatic nitrogens is 1. The Bertz CT molecular complexity index is 302. The van der Waals surface area contributed by atoms with Crippen molar-refractivity contribution in [1.29, 1.82) is 5.26 Å². The number of hydrogen-bond donors (Lipinski definition) is 1. The summed E-state index contributed by atoms with van der Waals surface area (Å²) in [4.78, 5) is 14.7. The van der Waals surface area contributed by atoms with Gasteiger partial charge in [-0.25, -0.2) is 4.98 Å². The Hall–Kier alpha value is -1.89. The molecular weight excluding hydrogens is 154 g/mol. The van der Waals surface area contributed by atoms with Gasteiger partial charge in [0.2, 0.25) is 5.91 Å². The normalized spacial score (nSPS) is 8.58. The largest absolute Gasteiger partial charge is 0.310 e. The van der Waals surface area contributed by atoms with E-state index in [0.717, 1.165) is 0 Å². The van der Waals surface area contributed by atoms with E-state index < -0.39 is 0 Å². The van der Waals surface area contributed by atoms with Crippen molar-refractivity contribution in [2.75, 3.05) is 5.32 Å². The van der Waals surface area contributed by atoms with Crippen molar-refractivity contribution in [1.82, 2.24) is 4.98 Å². The molecule has 1 aromatic rings. The maximum absolute atomic E-state index is 10.8. The highest BCUT2D eigenvalue weighted by molar-refractivity contribution is 5.91. The summed E-state index contributed by atoms with van der Waals surface area (Å²) in [6.07, 6.45) is 1.43. The van der Waals surface area contributed by atoms with Crippen molar-refractivity contribution in [3.63, 3.8) is 0 Å². The molecule has 0 spiro atoms. The van der Waals surface area contributed by atoms with Crippen LogP contribution in [0.2, 0.25) is 0 Å². The van der Waals surface area contributed by atoms with Gasteiger partial charge in [-0.15, -0.1) is 0 Å². The Morgan fingerprint density at radius 2 is 2.50 bits per heavy atom. The van der Waals surface area contributed by atoms with Gasteiger partial charge in [-0.1, -0.05) is 6.07 Å². The van der Waals surface area contributed by atoms with Gasteiger partial charge in [0.05, 0.1) is 6.07 Å². The van der Waals surface area contributed by atoms with E-state index in [0.29, 0.717) is 5.82 Å². The molecule has 0 saturated heterocycles. The molecule has 0 aliphatic heterocycles. The van der Waals surface area contributed by atoms with E-state index >= 15 is 0 Å². The molecule has 1 N–H and O–H groups in total. The lowest BCUT2D eigenvalue weighted by Gasteiger charge is -1.98. The van der Waals surface area contributed by atoms with Crippen LogP contribution in [0.1, 0.15) is 6.42 Å². The standard InChI is InChI=1S/C8H7N3O/c9-5-4-8(12)11-7-3-1-2-6-10-7/h1-3,6H,4H2,(H,10,11,12). The van der Waals surface area contributed by atoms with Crippen LogP contribution < -0.4 is 5.32 Å². The minimum atomic E-state index is -0.337. The Balaban J connectivity index is 2.54. The van der Waals surface area contributed by atoms with Crippen molar-refractivity contribution in [3.05, 3.63) is 24.4 Å². The maximum atomic E-state index is 10.8. The van der Waals surface area contributed by atoms with Crippen LogP contribution in [-0.4, -0.2) is 10.9 Å².